The number of carbonyl (C=O) groups is 1. The SMILES string of the molecule is CCOC(=O)CN(c1cccc(SC)c1C(N)=S)C1CC1. The summed E-state index contributed by atoms with van der Waals surface area (Å²) in [6.07, 6.45) is 4.16. The van der Waals surface area contributed by atoms with Gasteiger partial charge >= 0.3 is 5.97 Å². The maximum Gasteiger partial charge on any atom is 0.325 e. The van der Waals surface area contributed by atoms with E-state index >= 15 is 0 Å². The van der Waals surface area contributed by atoms with Crippen LogP contribution in [0.5, 0.6) is 0 Å². The Morgan fingerprint density at radius 1 is 1.52 bits per heavy atom. The number of anilines is 1. The molecule has 0 atom stereocenters. The summed E-state index contributed by atoms with van der Waals surface area (Å²) in [5, 5.41) is 0. The number of nitrogens with two attached hydrogens (primary N) is 1. The molecule has 0 bridgehead atoms. The minimum absolute atomic E-state index is 0.215. The van der Waals surface area contributed by atoms with Gasteiger partial charge < -0.3 is 15.4 Å². The van der Waals surface area contributed by atoms with Crippen molar-refractivity contribution in [1.82, 2.24) is 0 Å². The predicted molar refractivity (Wildman–Crippen MR) is 91.1 cm³/mol. The second-order valence-corrected chi connectivity index (χ2v) is 6.17. The molecule has 4 nitrogen and oxygen atoms in total. The van der Waals surface area contributed by atoms with Crippen molar-refractivity contribution >= 4 is 40.6 Å². The molecule has 0 aromatic heterocycles. The van der Waals surface area contributed by atoms with Crippen LogP contribution < -0.4 is 10.6 Å². The Balaban J connectivity index is 2.36. The number of hydrogen-bond donors (Lipinski definition) is 1. The third-order valence-electron chi connectivity index (χ3n) is 3.37. The summed E-state index contributed by atoms with van der Waals surface area (Å²) in [4.78, 5) is 15.3. The van der Waals surface area contributed by atoms with Crippen molar-refractivity contribution in [3.05, 3.63) is 23.8 Å². The Hall–Kier alpha value is -1.27. The molecule has 2 N–H and O–H groups in total. The summed E-state index contributed by atoms with van der Waals surface area (Å²) in [5.74, 6) is -0.215. The van der Waals surface area contributed by atoms with Gasteiger partial charge in [-0.3, -0.25) is 4.79 Å². The van der Waals surface area contributed by atoms with Crippen LogP contribution in [0.2, 0.25) is 0 Å². The number of ether oxygens (including phenoxy) is 1. The van der Waals surface area contributed by atoms with Crippen LogP contribution in [0.15, 0.2) is 23.1 Å². The van der Waals surface area contributed by atoms with Crippen LogP contribution in [0.4, 0.5) is 5.69 Å². The fourth-order valence-corrected chi connectivity index (χ4v) is 3.23. The highest BCUT2D eigenvalue weighted by Gasteiger charge is 2.33. The highest BCUT2D eigenvalue weighted by Crippen LogP contribution is 2.36. The Kier molecular flexibility index (Phi) is 5.47. The first-order valence-electron chi connectivity index (χ1n) is 6.97. The van der Waals surface area contributed by atoms with Gasteiger partial charge in [-0.05, 0) is 38.2 Å². The summed E-state index contributed by atoms with van der Waals surface area (Å²) >= 11 is 6.82. The van der Waals surface area contributed by atoms with Gasteiger partial charge in [0.25, 0.3) is 0 Å². The van der Waals surface area contributed by atoms with Crippen LogP contribution in [0.25, 0.3) is 0 Å². The van der Waals surface area contributed by atoms with E-state index in [0.717, 1.165) is 29.0 Å². The highest BCUT2D eigenvalue weighted by molar-refractivity contribution is 7.98. The molecular weight excluding hydrogens is 304 g/mol. The number of hydrogen-bond acceptors (Lipinski definition) is 5. The van der Waals surface area contributed by atoms with Gasteiger partial charge in [-0.1, -0.05) is 18.3 Å². The van der Waals surface area contributed by atoms with E-state index < -0.39 is 0 Å². The van der Waals surface area contributed by atoms with E-state index in [2.05, 4.69) is 4.90 Å². The van der Waals surface area contributed by atoms with E-state index in [1.54, 1.807) is 11.8 Å². The van der Waals surface area contributed by atoms with E-state index in [0.29, 0.717) is 17.6 Å². The topological polar surface area (TPSA) is 55.6 Å². The zero-order valence-corrected chi connectivity index (χ0v) is 13.9. The average molecular weight is 324 g/mol. The van der Waals surface area contributed by atoms with Gasteiger partial charge in [0.15, 0.2) is 0 Å². The normalized spacial score (nSPS) is 13.8. The van der Waals surface area contributed by atoms with Crippen molar-refractivity contribution in [2.45, 2.75) is 30.7 Å². The minimum atomic E-state index is -0.215. The lowest BCUT2D eigenvalue weighted by atomic mass is 10.1. The van der Waals surface area contributed by atoms with E-state index in [9.17, 15) is 4.79 Å². The van der Waals surface area contributed by atoms with Crippen molar-refractivity contribution in [2.24, 2.45) is 5.73 Å². The lowest BCUT2D eigenvalue weighted by Crippen LogP contribution is -2.34. The molecule has 2 rings (SSSR count). The quantitative estimate of drug-likeness (QED) is 0.473. The van der Waals surface area contributed by atoms with E-state index in [-0.39, 0.29) is 12.5 Å². The van der Waals surface area contributed by atoms with E-state index in [4.69, 9.17) is 22.7 Å². The number of benzene rings is 1. The molecule has 0 aliphatic heterocycles. The first kappa shape index (κ1) is 16.1. The monoisotopic (exact) mass is 324 g/mol. The van der Waals surface area contributed by atoms with Crippen molar-refractivity contribution in [3.8, 4) is 0 Å². The van der Waals surface area contributed by atoms with Gasteiger partial charge in [-0.15, -0.1) is 11.8 Å². The fraction of sp³-hybridized carbons (Fsp3) is 0.467. The summed E-state index contributed by atoms with van der Waals surface area (Å²) in [6, 6.07) is 6.33. The van der Waals surface area contributed by atoms with Gasteiger partial charge in [0.05, 0.1) is 6.61 Å². The summed E-state index contributed by atoms with van der Waals surface area (Å²) in [7, 11) is 0. The lowest BCUT2D eigenvalue weighted by molar-refractivity contribution is -0.141. The molecule has 0 saturated heterocycles. The summed E-state index contributed by atoms with van der Waals surface area (Å²) in [6.45, 7) is 2.45. The van der Waals surface area contributed by atoms with Crippen LogP contribution in [-0.2, 0) is 9.53 Å². The molecule has 0 radical (unpaired) electrons. The third kappa shape index (κ3) is 3.89. The molecule has 1 fully saturated rings. The van der Waals surface area contributed by atoms with Crippen molar-refractivity contribution in [3.63, 3.8) is 0 Å². The number of nitrogens with zero attached hydrogens (tertiary/aromatic N) is 1. The number of esters is 1. The molecule has 1 aromatic carbocycles. The van der Waals surface area contributed by atoms with Gasteiger partial charge in [-0.25, -0.2) is 0 Å². The van der Waals surface area contributed by atoms with Crippen LogP contribution >= 0.6 is 24.0 Å². The molecule has 0 amide bonds. The van der Waals surface area contributed by atoms with Gasteiger partial charge in [-0.2, -0.15) is 0 Å². The number of thiocarbonyl (C=S) groups is 1. The van der Waals surface area contributed by atoms with Gasteiger partial charge in [0.2, 0.25) is 0 Å². The van der Waals surface area contributed by atoms with Crippen LogP contribution in [0.1, 0.15) is 25.3 Å². The zero-order chi connectivity index (χ0) is 15.4. The molecule has 114 valence electrons. The maximum absolute atomic E-state index is 11.9. The smallest absolute Gasteiger partial charge is 0.325 e. The number of rotatable bonds is 7. The first-order valence-corrected chi connectivity index (χ1v) is 8.60. The first-order chi connectivity index (χ1) is 10.1. The van der Waals surface area contributed by atoms with Crippen molar-refractivity contribution in [1.29, 1.82) is 0 Å². The Labute approximate surface area is 135 Å². The van der Waals surface area contributed by atoms with Crippen LogP contribution in [-0.4, -0.2) is 36.4 Å². The molecule has 0 unspecified atom stereocenters. The Bertz CT molecular complexity index is 544. The summed E-state index contributed by atoms with van der Waals surface area (Å²) in [5.41, 5.74) is 7.71. The van der Waals surface area contributed by atoms with E-state index in [1.807, 2.05) is 31.4 Å². The van der Waals surface area contributed by atoms with E-state index in [1.165, 1.54) is 0 Å². The molecule has 1 saturated carbocycles. The van der Waals surface area contributed by atoms with Crippen LogP contribution in [0.3, 0.4) is 0 Å². The predicted octanol–water partition coefficient (Wildman–Crippen LogP) is 2.57. The molecule has 1 aliphatic carbocycles. The molecule has 21 heavy (non-hydrogen) atoms. The molecule has 0 spiro atoms. The maximum atomic E-state index is 11.9. The van der Waals surface area contributed by atoms with Crippen molar-refractivity contribution in [2.75, 3.05) is 24.3 Å². The highest BCUT2D eigenvalue weighted by atomic mass is 32.2. The van der Waals surface area contributed by atoms with Gasteiger partial charge in [0.1, 0.15) is 11.5 Å². The van der Waals surface area contributed by atoms with Crippen LogP contribution in [0, 0.1) is 0 Å². The molecular formula is C15H20N2O2S2. The molecule has 1 aliphatic rings. The average Bonchev–Trinajstić information content (AvgIpc) is 3.28. The third-order valence-corrected chi connectivity index (χ3v) is 4.36. The minimum Gasteiger partial charge on any atom is -0.465 e. The van der Waals surface area contributed by atoms with Crippen molar-refractivity contribution < 1.29 is 9.53 Å². The Morgan fingerprint density at radius 2 is 2.24 bits per heavy atom. The fourth-order valence-electron chi connectivity index (χ4n) is 2.32. The lowest BCUT2D eigenvalue weighted by Gasteiger charge is -2.27. The zero-order valence-electron chi connectivity index (χ0n) is 12.3. The molecule has 6 heteroatoms. The Morgan fingerprint density at radius 3 is 2.76 bits per heavy atom. The second kappa shape index (κ2) is 7.13. The molecule has 0 heterocycles. The summed E-state index contributed by atoms with van der Waals surface area (Å²) < 4.78 is 5.08. The largest absolute Gasteiger partial charge is 0.465 e. The van der Waals surface area contributed by atoms with Gasteiger partial charge in [0, 0.05) is 22.2 Å². The number of thioether (sulfide) groups is 1. The number of carbonyl (C=O) groups excluding carboxylic acids is 1. The molecule has 1 aromatic rings. The second-order valence-electron chi connectivity index (χ2n) is 4.88. The standard InChI is InChI=1S/C15H20N2O2S2/c1-3-19-13(18)9-17(10-7-8-10)11-5-4-6-12(21-2)14(11)15(16)20/h4-6,10H,3,7-9H2,1-2H3,(H2,16,20).